The van der Waals surface area contributed by atoms with E-state index in [9.17, 15) is 9.90 Å². The maximum absolute atomic E-state index is 12.5. The molecule has 2 heterocycles. The number of nitrogens with zero attached hydrogens (tertiary/aromatic N) is 3. The minimum Gasteiger partial charge on any atom is -0.508 e. The van der Waals surface area contributed by atoms with Crippen molar-refractivity contribution in [3.63, 3.8) is 0 Å². The van der Waals surface area contributed by atoms with Crippen LogP contribution in [0.1, 0.15) is 16.3 Å². The van der Waals surface area contributed by atoms with Crippen LogP contribution >= 0.6 is 34.9 Å². The number of phenols is 1. The van der Waals surface area contributed by atoms with Gasteiger partial charge in [-0.3, -0.25) is 10.1 Å². The molecule has 0 bridgehead atoms. The minimum atomic E-state index is -0.407. The number of nitrogens with one attached hydrogen (secondary N) is 1. The van der Waals surface area contributed by atoms with Crippen molar-refractivity contribution < 1.29 is 9.90 Å². The third-order valence-electron chi connectivity index (χ3n) is 2.85. The number of carbonyl (C=O) groups excluding carboxylic acids is 1. The van der Waals surface area contributed by atoms with Gasteiger partial charge in [0.2, 0.25) is 5.13 Å². The third-order valence-corrected chi connectivity index (χ3v) is 4.84. The number of hydrogen-bond acceptors (Lipinski definition) is 7. The van der Waals surface area contributed by atoms with Gasteiger partial charge in [-0.25, -0.2) is 9.97 Å². The van der Waals surface area contributed by atoms with Crippen molar-refractivity contribution in [3.05, 3.63) is 53.1 Å². The van der Waals surface area contributed by atoms with Crippen molar-refractivity contribution in [2.45, 2.75) is 16.7 Å². The number of pyridine rings is 1. The summed E-state index contributed by atoms with van der Waals surface area (Å²) in [4.78, 5) is 22.2. The second kappa shape index (κ2) is 7.16. The van der Waals surface area contributed by atoms with Crippen LogP contribution in [0.25, 0.3) is 0 Å². The maximum Gasteiger partial charge on any atom is 0.277 e. The van der Waals surface area contributed by atoms with Crippen LogP contribution in [0.3, 0.4) is 0 Å². The molecule has 3 rings (SSSR count). The fourth-order valence-electron chi connectivity index (χ4n) is 1.81. The predicted molar refractivity (Wildman–Crippen MR) is 94.1 cm³/mol. The van der Waals surface area contributed by atoms with E-state index in [-0.39, 0.29) is 16.6 Å². The Hall–Kier alpha value is -2.16. The number of benzene rings is 1. The molecule has 9 heteroatoms. The largest absolute Gasteiger partial charge is 0.508 e. The summed E-state index contributed by atoms with van der Waals surface area (Å²) < 4.78 is 4.02. The van der Waals surface area contributed by atoms with Crippen molar-refractivity contribution in [1.29, 1.82) is 0 Å². The van der Waals surface area contributed by atoms with Gasteiger partial charge in [0.05, 0.1) is 0 Å². The number of aromatic nitrogens is 3. The average molecular weight is 379 g/mol. The Bertz CT molecular complexity index is 883. The Morgan fingerprint density at radius 2 is 1.96 bits per heavy atom. The summed E-state index contributed by atoms with van der Waals surface area (Å²) in [5.41, 5.74) is 0.202. The van der Waals surface area contributed by atoms with Crippen molar-refractivity contribution in [2.75, 3.05) is 5.32 Å². The molecule has 0 radical (unpaired) electrons. The van der Waals surface area contributed by atoms with Crippen LogP contribution in [0.2, 0.25) is 5.15 Å². The van der Waals surface area contributed by atoms with E-state index in [1.807, 2.05) is 0 Å². The van der Waals surface area contributed by atoms with E-state index in [1.165, 1.54) is 11.8 Å². The monoisotopic (exact) mass is 378 g/mol. The quantitative estimate of drug-likeness (QED) is 0.667. The number of rotatable bonds is 4. The lowest BCUT2D eigenvalue weighted by Crippen LogP contribution is -2.15. The average Bonchev–Trinajstić information content (AvgIpc) is 2.96. The zero-order valence-corrected chi connectivity index (χ0v) is 14.7. The highest BCUT2D eigenvalue weighted by molar-refractivity contribution is 7.99. The summed E-state index contributed by atoms with van der Waals surface area (Å²) in [6.07, 6.45) is 0. The van der Waals surface area contributed by atoms with E-state index in [0.29, 0.717) is 15.9 Å². The topological polar surface area (TPSA) is 88.0 Å². The second-order valence-electron chi connectivity index (χ2n) is 4.68. The molecule has 0 aliphatic heterocycles. The van der Waals surface area contributed by atoms with Gasteiger partial charge in [-0.15, -0.1) is 0 Å². The van der Waals surface area contributed by atoms with E-state index in [2.05, 4.69) is 19.7 Å². The highest BCUT2D eigenvalue weighted by Crippen LogP contribution is 2.32. The summed E-state index contributed by atoms with van der Waals surface area (Å²) in [5.74, 6) is 0.362. The molecule has 1 amide bonds. The Morgan fingerprint density at radius 3 is 2.62 bits per heavy atom. The van der Waals surface area contributed by atoms with E-state index in [1.54, 1.807) is 43.3 Å². The molecule has 0 aliphatic rings. The lowest BCUT2D eigenvalue weighted by Gasteiger charge is -2.08. The summed E-state index contributed by atoms with van der Waals surface area (Å²) in [6.45, 7) is 1.75. The van der Waals surface area contributed by atoms with Gasteiger partial charge < -0.3 is 5.11 Å². The number of aryl methyl sites for hydroxylation is 1. The standard InChI is InChI=1S/C15H11ClN4O2S2/c1-8-17-15(24-20-8)19-14(22)13-11(6-7-12(16)18-13)23-10-4-2-9(21)3-5-10/h2-7,21H,1H3,(H,17,19,20,22). The molecule has 0 atom stereocenters. The molecule has 0 saturated carbocycles. The third kappa shape index (κ3) is 4.02. The molecule has 0 aliphatic carbocycles. The number of carbonyl (C=O) groups is 1. The van der Waals surface area contributed by atoms with Gasteiger partial charge >= 0.3 is 0 Å². The zero-order valence-electron chi connectivity index (χ0n) is 12.4. The summed E-state index contributed by atoms with van der Waals surface area (Å²) in [7, 11) is 0. The first-order valence-corrected chi connectivity index (χ1v) is 8.73. The molecule has 0 spiro atoms. The fourth-order valence-corrected chi connectivity index (χ4v) is 3.43. The van der Waals surface area contributed by atoms with Gasteiger partial charge in [-0.05, 0) is 43.3 Å². The molecule has 1 aromatic carbocycles. The molecule has 2 N–H and O–H groups in total. The molecule has 2 aromatic heterocycles. The Morgan fingerprint density at radius 1 is 1.21 bits per heavy atom. The zero-order chi connectivity index (χ0) is 17.1. The van der Waals surface area contributed by atoms with E-state index >= 15 is 0 Å². The number of phenolic OH excluding ortho intramolecular Hbond substituents is 1. The Kier molecular flexibility index (Phi) is 4.98. The van der Waals surface area contributed by atoms with Crippen LogP contribution < -0.4 is 5.32 Å². The molecule has 6 nitrogen and oxygen atoms in total. The molecular formula is C15H11ClN4O2S2. The van der Waals surface area contributed by atoms with Crippen molar-refractivity contribution in [2.24, 2.45) is 0 Å². The SMILES string of the molecule is Cc1nsc(NC(=O)c2nc(Cl)ccc2Sc2ccc(O)cc2)n1. The highest BCUT2D eigenvalue weighted by atomic mass is 35.5. The van der Waals surface area contributed by atoms with Crippen LogP contribution in [0.4, 0.5) is 5.13 Å². The van der Waals surface area contributed by atoms with Gasteiger partial charge in [-0.1, -0.05) is 23.4 Å². The summed E-state index contributed by atoms with van der Waals surface area (Å²) >= 11 is 8.38. The van der Waals surface area contributed by atoms with Crippen molar-refractivity contribution in [3.8, 4) is 5.75 Å². The number of halogens is 1. The van der Waals surface area contributed by atoms with Crippen LogP contribution in [0.15, 0.2) is 46.2 Å². The van der Waals surface area contributed by atoms with Gasteiger partial charge in [-0.2, -0.15) is 4.37 Å². The van der Waals surface area contributed by atoms with Crippen LogP contribution in [-0.4, -0.2) is 25.4 Å². The smallest absolute Gasteiger partial charge is 0.277 e. The first kappa shape index (κ1) is 16.7. The predicted octanol–water partition coefficient (Wildman–Crippen LogP) is 4.00. The lowest BCUT2D eigenvalue weighted by atomic mass is 10.3. The van der Waals surface area contributed by atoms with Gasteiger partial charge in [0, 0.05) is 21.3 Å². The molecule has 0 fully saturated rings. The van der Waals surface area contributed by atoms with Gasteiger partial charge in [0.25, 0.3) is 5.91 Å². The van der Waals surface area contributed by atoms with Crippen molar-refractivity contribution in [1.82, 2.24) is 14.3 Å². The number of anilines is 1. The number of amides is 1. The second-order valence-corrected chi connectivity index (χ2v) is 6.93. The molecule has 24 heavy (non-hydrogen) atoms. The highest BCUT2D eigenvalue weighted by Gasteiger charge is 2.17. The molecule has 3 aromatic rings. The fraction of sp³-hybridized carbons (Fsp3) is 0.0667. The van der Waals surface area contributed by atoms with E-state index in [0.717, 1.165) is 16.4 Å². The minimum absolute atomic E-state index is 0.179. The Balaban J connectivity index is 1.87. The summed E-state index contributed by atoms with van der Waals surface area (Å²) in [6, 6.07) is 10.0. The molecule has 0 unspecified atom stereocenters. The van der Waals surface area contributed by atoms with Gasteiger partial charge in [0.1, 0.15) is 22.4 Å². The van der Waals surface area contributed by atoms with E-state index in [4.69, 9.17) is 11.6 Å². The normalized spacial score (nSPS) is 10.6. The van der Waals surface area contributed by atoms with Crippen LogP contribution in [0, 0.1) is 6.92 Å². The summed E-state index contributed by atoms with van der Waals surface area (Å²) in [5, 5.41) is 12.7. The van der Waals surface area contributed by atoms with Gasteiger partial charge in [0.15, 0.2) is 0 Å². The van der Waals surface area contributed by atoms with Crippen molar-refractivity contribution >= 4 is 45.9 Å². The molecular weight excluding hydrogens is 368 g/mol. The van der Waals surface area contributed by atoms with Crippen LogP contribution in [0.5, 0.6) is 5.75 Å². The first-order chi connectivity index (χ1) is 11.5. The first-order valence-electron chi connectivity index (χ1n) is 6.76. The maximum atomic E-state index is 12.5. The number of aromatic hydroxyl groups is 1. The molecule has 0 saturated heterocycles. The van der Waals surface area contributed by atoms with E-state index < -0.39 is 5.91 Å². The van der Waals surface area contributed by atoms with Crippen LogP contribution in [-0.2, 0) is 0 Å². The number of hydrogen-bond donors (Lipinski definition) is 2. The lowest BCUT2D eigenvalue weighted by molar-refractivity contribution is 0.101. The molecule has 122 valence electrons. The Labute approximate surface area is 151 Å².